The van der Waals surface area contributed by atoms with Crippen LogP contribution in [-0.2, 0) is 11.2 Å². The van der Waals surface area contributed by atoms with Crippen molar-refractivity contribution in [1.29, 1.82) is 0 Å². The normalized spacial score (nSPS) is 10.9. The van der Waals surface area contributed by atoms with Crippen molar-refractivity contribution >= 4 is 28.5 Å². The third kappa shape index (κ3) is 3.82. The van der Waals surface area contributed by atoms with E-state index < -0.39 is 5.97 Å². The first-order valence-electron chi connectivity index (χ1n) is 9.08. The van der Waals surface area contributed by atoms with Crippen molar-refractivity contribution in [3.63, 3.8) is 0 Å². The summed E-state index contributed by atoms with van der Waals surface area (Å²) in [6.45, 7) is 0. The summed E-state index contributed by atoms with van der Waals surface area (Å²) in [6, 6.07) is 19.0. The fourth-order valence-electron chi connectivity index (χ4n) is 3.41. The predicted octanol–water partition coefficient (Wildman–Crippen LogP) is 5.27. The number of esters is 1. The fourth-order valence-corrected chi connectivity index (χ4v) is 3.60. The lowest BCUT2D eigenvalue weighted by atomic mass is 10.0. The maximum Gasteiger partial charge on any atom is 0.356 e. The van der Waals surface area contributed by atoms with Crippen LogP contribution in [0.4, 0.5) is 0 Å². The largest absolute Gasteiger partial charge is 0.497 e. The number of aromatic amines is 1. The molecule has 4 aromatic rings. The van der Waals surface area contributed by atoms with Crippen molar-refractivity contribution in [1.82, 2.24) is 9.97 Å². The topological polar surface area (TPSA) is 64.2 Å². The molecule has 6 heteroatoms. The molecule has 0 spiro atoms. The van der Waals surface area contributed by atoms with Crippen molar-refractivity contribution in [3.8, 4) is 17.0 Å². The van der Waals surface area contributed by atoms with Crippen LogP contribution in [0.2, 0.25) is 5.02 Å². The smallest absolute Gasteiger partial charge is 0.356 e. The van der Waals surface area contributed by atoms with E-state index in [0.717, 1.165) is 39.2 Å². The molecule has 4 rings (SSSR count). The zero-order valence-corrected chi connectivity index (χ0v) is 16.8. The van der Waals surface area contributed by atoms with E-state index in [1.165, 1.54) is 7.11 Å². The molecule has 0 radical (unpaired) electrons. The first kappa shape index (κ1) is 19.0. The molecule has 2 aromatic heterocycles. The minimum Gasteiger partial charge on any atom is -0.497 e. The summed E-state index contributed by atoms with van der Waals surface area (Å²) >= 11 is 6.23. The van der Waals surface area contributed by atoms with E-state index in [1.807, 2.05) is 54.6 Å². The molecule has 2 aromatic carbocycles. The Morgan fingerprint density at radius 2 is 1.90 bits per heavy atom. The summed E-state index contributed by atoms with van der Waals surface area (Å²) in [5.74, 6) is 0.319. The van der Waals surface area contributed by atoms with E-state index in [1.54, 1.807) is 13.2 Å². The standard InChI is InChI=1S/C23H19ClN2O3/c1-28-17-9-10-18-19(12-16-7-4-8-20(25-16)23(27)29-2)22(26-21(18)13-17)14-5-3-6-15(24)11-14/h3-11,13,26H,12H2,1-2H3. The molecule has 1 N–H and O–H groups in total. The molecule has 0 aliphatic rings. The summed E-state index contributed by atoms with van der Waals surface area (Å²) in [5, 5.41) is 1.72. The molecule has 0 amide bonds. The Hall–Kier alpha value is -3.31. The van der Waals surface area contributed by atoms with Crippen LogP contribution < -0.4 is 4.74 Å². The molecule has 29 heavy (non-hydrogen) atoms. The van der Waals surface area contributed by atoms with E-state index >= 15 is 0 Å². The van der Waals surface area contributed by atoms with E-state index in [4.69, 9.17) is 21.1 Å². The van der Waals surface area contributed by atoms with Crippen LogP contribution >= 0.6 is 11.6 Å². The first-order valence-corrected chi connectivity index (χ1v) is 9.45. The third-order valence-electron chi connectivity index (χ3n) is 4.79. The Balaban J connectivity index is 1.86. The van der Waals surface area contributed by atoms with E-state index in [2.05, 4.69) is 9.97 Å². The van der Waals surface area contributed by atoms with Gasteiger partial charge in [-0.2, -0.15) is 0 Å². The van der Waals surface area contributed by atoms with Crippen LogP contribution in [-0.4, -0.2) is 30.2 Å². The van der Waals surface area contributed by atoms with Gasteiger partial charge in [0.2, 0.25) is 0 Å². The van der Waals surface area contributed by atoms with Crippen molar-refractivity contribution < 1.29 is 14.3 Å². The van der Waals surface area contributed by atoms with Crippen molar-refractivity contribution in [2.24, 2.45) is 0 Å². The Bertz CT molecular complexity index is 1200. The maximum absolute atomic E-state index is 11.9. The predicted molar refractivity (Wildman–Crippen MR) is 114 cm³/mol. The average molecular weight is 407 g/mol. The van der Waals surface area contributed by atoms with Crippen LogP contribution in [0.1, 0.15) is 21.7 Å². The van der Waals surface area contributed by atoms with Gasteiger partial charge in [-0.3, -0.25) is 0 Å². The Labute approximate surface area is 173 Å². The number of methoxy groups -OCH3 is 2. The highest BCUT2D eigenvalue weighted by atomic mass is 35.5. The number of H-pyrrole nitrogens is 1. The van der Waals surface area contributed by atoms with Gasteiger partial charge in [-0.25, -0.2) is 9.78 Å². The molecule has 0 saturated carbocycles. The molecule has 0 bridgehead atoms. The lowest BCUT2D eigenvalue weighted by molar-refractivity contribution is 0.0593. The number of nitrogens with one attached hydrogen (secondary N) is 1. The number of aromatic nitrogens is 2. The van der Waals surface area contributed by atoms with Gasteiger partial charge in [-0.15, -0.1) is 0 Å². The van der Waals surface area contributed by atoms with Gasteiger partial charge in [0, 0.05) is 34.1 Å². The summed E-state index contributed by atoms with van der Waals surface area (Å²) in [6.07, 6.45) is 0.541. The molecule has 0 saturated heterocycles. The lowest BCUT2D eigenvalue weighted by Gasteiger charge is -2.07. The van der Waals surface area contributed by atoms with Gasteiger partial charge < -0.3 is 14.5 Å². The number of pyridine rings is 1. The molecule has 0 fully saturated rings. The molecule has 146 valence electrons. The minimum absolute atomic E-state index is 0.288. The van der Waals surface area contributed by atoms with E-state index in [9.17, 15) is 4.79 Å². The maximum atomic E-state index is 11.9. The summed E-state index contributed by atoms with van der Waals surface area (Å²) in [7, 11) is 2.99. The van der Waals surface area contributed by atoms with Gasteiger partial charge >= 0.3 is 5.97 Å². The SMILES string of the molecule is COC(=O)c1cccc(Cc2c(-c3cccc(Cl)c3)[nH]c3cc(OC)ccc23)n1. The first-order chi connectivity index (χ1) is 14.1. The average Bonchev–Trinajstić information content (AvgIpc) is 3.10. The molecule has 0 unspecified atom stereocenters. The van der Waals surface area contributed by atoms with Crippen LogP contribution in [0.3, 0.4) is 0 Å². The second kappa shape index (κ2) is 7.97. The molecule has 5 nitrogen and oxygen atoms in total. The number of benzene rings is 2. The number of hydrogen-bond donors (Lipinski definition) is 1. The van der Waals surface area contributed by atoms with Crippen molar-refractivity contribution in [2.45, 2.75) is 6.42 Å². The second-order valence-corrected chi connectivity index (χ2v) is 7.02. The van der Waals surface area contributed by atoms with Gasteiger partial charge in [0.05, 0.1) is 19.9 Å². The number of carbonyl (C=O) groups excluding carboxylic acids is 1. The highest BCUT2D eigenvalue weighted by Crippen LogP contribution is 2.34. The lowest BCUT2D eigenvalue weighted by Crippen LogP contribution is -2.06. The number of nitrogens with zero attached hydrogens (tertiary/aromatic N) is 1. The summed E-state index contributed by atoms with van der Waals surface area (Å²) < 4.78 is 10.2. The van der Waals surface area contributed by atoms with Crippen LogP contribution in [0.25, 0.3) is 22.2 Å². The number of halogens is 1. The Morgan fingerprint density at radius 1 is 1.07 bits per heavy atom. The van der Waals surface area contributed by atoms with Crippen LogP contribution in [0.15, 0.2) is 60.7 Å². The monoisotopic (exact) mass is 406 g/mol. The zero-order chi connectivity index (χ0) is 20.4. The van der Waals surface area contributed by atoms with E-state index in [-0.39, 0.29) is 5.69 Å². The van der Waals surface area contributed by atoms with Gasteiger partial charge in [0.15, 0.2) is 0 Å². The van der Waals surface area contributed by atoms with Crippen molar-refractivity contribution in [2.75, 3.05) is 14.2 Å². The minimum atomic E-state index is -0.453. The highest BCUT2D eigenvalue weighted by molar-refractivity contribution is 6.30. The van der Waals surface area contributed by atoms with Crippen molar-refractivity contribution in [3.05, 3.63) is 82.6 Å². The quantitative estimate of drug-likeness (QED) is 0.458. The number of hydrogen-bond acceptors (Lipinski definition) is 4. The Morgan fingerprint density at radius 3 is 2.66 bits per heavy atom. The second-order valence-electron chi connectivity index (χ2n) is 6.58. The molecular formula is C23H19ClN2O3. The number of fused-ring (bicyclic) bond motifs is 1. The molecule has 0 aliphatic carbocycles. The van der Waals surface area contributed by atoms with Crippen LogP contribution in [0, 0.1) is 0 Å². The summed E-state index contributed by atoms with van der Waals surface area (Å²) in [5.41, 5.74) is 5.02. The number of carbonyl (C=O) groups is 1. The number of rotatable bonds is 5. The highest BCUT2D eigenvalue weighted by Gasteiger charge is 2.16. The third-order valence-corrected chi connectivity index (χ3v) is 5.02. The summed E-state index contributed by atoms with van der Waals surface area (Å²) in [4.78, 5) is 19.8. The van der Waals surface area contributed by atoms with Gasteiger partial charge in [-0.05, 0) is 47.5 Å². The number of ether oxygens (including phenoxy) is 2. The Kier molecular flexibility index (Phi) is 5.23. The van der Waals surface area contributed by atoms with Gasteiger partial charge in [-0.1, -0.05) is 29.8 Å². The zero-order valence-electron chi connectivity index (χ0n) is 16.0. The fraction of sp³-hybridized carbons (Fsp3) is 0.130. The van der Waals surface area contributed by atoms with Gasteiger partial charge in [0.25, 0.3) is 0 Å². The van der Waals surface area contributed by atoms with E-state index in [0.29, 0.717) is 11.4 Å². The molecule has 2 heterocycles. The van der Waals surface area contributed by atoms with Crippen LogP contribution in [0.5, 0.6) is 5.75 Å². The molecule has 0 atom stereocenters. The molecular weight excluding hydrogens is 388 g/mol. The van der Waals surface area contributed by atoms with Gasteiger partial charge in [0.1, 0.15) is 11.4 Å². The molecule has 0 aliphatic heterocycles.